The zero-order chi connectivity index (χ0) is 23.8. The van der Waals surface area contributed by atoms with E-state index in [4.69, 9.17) is 0 Å². The lowest BCUT2D eigenvalue weighted by Gasteiger charge is -2.10. The Morgan fingerprint density at radius 2 is 1.65 bits per heavy atom. The molecule has 170 valence electrons. The molecule has 3 amide bonds. The first-order chi connectivity index (χ1) is 16.5. The molecule has 0 spiro atoms. The number of nitrogens with zero attached hydrogens (tertiary/aromatic N) is 2. The Bertz CT molecular complexity index is 1310. The fourth-order valence-corrected chi connectivity index (χ4v) is 3.34. The Kier molecular flexibility index (Phi) is 7.15. The van der Waals surface area contributed by atoms with E-state index >= 15 is 0 Å². The lowest BCUT2D eigenvalue weighted by atomic mass is 10.2. The van der Waals surface area contributed by atoms with E-state index in [-0.39, 0.29) is 11.9 Å². The van der Waals surface area contributed by atoms with Crippen LogP contribution in [-0.2, 0) is 11.3 Å². The van der Waals surface area contributed by atoms with Crippen molar-refractivity contribution in [2.75, 3.05) is 10.6 Å². The van der Waals surface area contributed by atoms with Gasteiger partial charge in [0.1, 0.15) is 0 Å². The number of carbonyl (C=O) groups excluding carboxylic acids is 2. The standard InChI is InChI=1S/C27H25N5O2/c1-20-7-5-9-23(15-20)30-27(34)31-24-10-6-8-21(16-24)17-28-26(33)14-13-22-18-29-32(19-22)25-11-3-2-4-12-25/h2-16,18-19H,17H2,1H3,(H,28,33)(H2,30,31,34). The first kappa shape index (κ1) is 22.5. The summed E-state index contributed by atoms with van der Waals surface area (Å²) in [7, 11) is 0. The normalized spacial score (nSPS) is 10.7. The van der Waals surface area contributed by atoms with Crippen LogP contribution in [0.2, 0.25) is 0 Å². The molecule has 7 nitrogen and oxygen atoms in total. The van der Waals surface area contributed by atoms with Gasteiger partial charge in [0, 0.05) is 35.8 Å². The Morgan fingerprint density at radius 1 is 0.912 bits per heavy atom. The van der Waals surface area contributed by atoms with Gasteiger partial charge in [-0.2, -0.15) is 5.10 Å². The van der Waals surface area contributed by atoms with Crippen LogP contribution < -0.4 is 16.0 Å². The fraction of sp³-hybridized carbons (Fsp3) is 0.0741. The van der Waals surface area contributed by atoms with Crippen LogP contribution in [0, 0.1) is 6.92 Å². The van der Waals surface area contributed by atoms with Crippen molar-refractivity contribution >= 4 is 29.4 Å². The van der Waals surface area contributed by atoms with Crippen molar-refractivity contribution in [3.8, 4) is 5.69 Å². The van der Waals surface area contributed by atoms with Crippen LogP contribution in [-0.4, -0.2) is 21.7 Å². The predicted octanol–water partition coefficient (Wildman–Crippen LogP) is 5.15. The number of hydrogen-bond donors (Lipinski definition) is 3. The number of urea groups is 1. The SMILES string of the molecule is Cc1cccc(NC(=O)Nc2cccc(CNC(=O)C=Cc3cnn(-c4ccccc4)c3)c2)c1. The highest BCUT2D eigenvalue weighted by molar-refractivity contribution is 5.99. The summed E-state index contributed by atoms with van der Waals surface area (Å²) in [5, 5.41) is 12.8. The van der Waals surface area contributed by atoms with Crippen molar-refractivity contribution in [2.24, 2.45) is 0 Å². The van der Waals surface area contributed by atoms with Gasteiger partial charge >= 0.3 is 6.03 Å². The van der Waals surface area contributed by atoms with Gasteiger partial charge in [0.2, 0.25) is 5.91 Å². The summed E-state index contributed by atoms with van der Waals surface area (Å²) in [5.74, 6) is -0.219. The van der Waals surface area contributed by atoms with Gasteiger partial charge in [-0.15, -0.1) is 0 Å². The van der Waals surface area contributed by atoms with Crippen molar-refractivity contribution < 1.29 is 9.59 Å². The summed E-state index contributed by atoms with van der Waals surface area (Å²) in [6.07, 6.45) is 6.75. The van der Waals surface area contributed by atoms with Crippen molar-refractivity contribution in [1.29, 1.82) is 0 Å². The van der Waals surface area contributed by atoms with Gasteiger partial charge in [0.05, 0.1) is 11.9 Å². The molecule has 0 saturated carbocycles. The van der Waals surface area contributed by atoms with Gasteiger partial charge in [-0.3, -0.25) is 4.79 Å². The largest absolute Gasteiger partial charge is 0.348 e. The Hall–Kier alpha value is -4.65. The molecule has 34 heavy (non-hydrogen) atoms. The molecule has 0 atom stereocenters. The molecule has 7 heteroatoms. The Labute approximate surface area is 198 Å². The predicted molar refractivity (Wildman–Crippen MR) is 135 cm³/mol. The highest BCUT2D eigenvalue weighted by Crippen LogP contribution is 2.13. The summed E-state index contributed by atoms with van der Waals surface area (Å²) in [4.78, 5) is 24.5. The van der Waals surface area contributed by atoms with Gasteiger partial charge in [0.25, 0.3) is 0 Å². The van der Waals surface area contributed by atoms with Crippen LogP contribution in [0.4, 0.5) is 16.2 Å². The number of nitrogens with one attached hydrogen (secondary N) is 3. The first-order valence-electron chi connectivity index (χ1n) is 10.8. The zero-order valence-electron chi connectivity index (χ0n) is 18.7. The maximum Gasteiger partial charge on any atom is 0.323 e. The Balaban J connectivity index is 1.28. The number of hydrogen-bond acceptors (Lipinski definition) is 3. The third-order valence-electron chi connectivity index (χ3n) is 4.98. The third kappa shape index (κ3) is 6.43. The summed E-state index contributed by atoms with van der Waals surface area (Å²) in [5.41, 5.74) is 5.07. The van der Waals surface area contributed by atoms with Crippen molar-refractivity contribution in [1.82, 2.24) is 15.1 Å². The minimum Gasteiger partial charge on any atom is -0.348 e. The topological polar surface area (TPSA) is 88.1 Å². The second-order valence-electron chi connectivity index (χ2n) is 7.75. The van der Waals surface area contributed by atoms with E-state index < -0.39 is 0 Å². The summed E-state index contributed by atoms with van der Waals surface area (Å²) >= 11 is 0. The molecule has 0 radical (unpaired) electrons. The molecule has 4 aromatic rings. The van der Waals surface area contributed by atoms with Crippen molar-refractivity contribution in [2.45, 2.75) is 13.5 Å². The molecular formula is C27H25N5O2. The molecule has 0 fully saturated rings. The average Bonchev–Trinajstić information content (AvgIpc) is 3.31. The van der Waals surface area contributed by atoms with E-state index in [1.807, 2.05) is 85.9 Å². The van der Waals surface area contributed by atoms with Gasteiger partial charge in [-0.05, 0) is 60.5 Å². The van der Waals surface area contributed by atoms with Gasteiger partial charge in [-0.25, -0.2) is 9.48 Å². The van der Waals surface area contributed by atoms with Crippen LogP contribution in [0.25, 0.3) is 11.8 Å². The quantitative estimate of drug-likeness (QED) is 0.339. The van der Waals surface area contributed by atoms with E-state index in [0.717, 1.165) is 28.1 Å². The van der Waals surface area contributed by atoms with E-state index in [2.05, 4.69) is 21.0 Å². The van der Waals surface area contributed by atoms with Crippen LogP contribution in [0.15, 0.2) is 97.3 Å². The second-order valence-corrected chi connectivity index (χ2v) is 7.75. The Morgan fingerprint density at radius 3 is 2.41 bits per heavy atom. The number of anilines is 2. The second kappa shape index (κ2) is 10.8. The first-order valence-corrected chi connectivity index (χ1v) is 10.8. The molecular weight excluding hydrogens is 426 g/mol. The smallest absolute Gasteiger partial charge is 0.323 e. The number of aryl methyl sites for hydroxylation is 1. The summed E-state index contributed by atoms with van der Waals surface area (Å²) in [6.45, 7) is 2.30. The van der Waals surface area contributed by atoms with Gasteiger partial charge in [0.15, 0.2) is 0 Å². The van der Waals surface area contributed by atoms with Crippen LogP contribution >= 0.6 is 0 Å². The molecule has 0 unspecified atom stereocenters. The molecule has 1 heterocycles. The molecule has 4 rings (SSSR count). The maximum absolute atomic E-state index is 12.3. The summed E-state index contributed by atoms with van der Waals surface area (Å²) in [6, 6.07) is 24.4. The number of amides is 3. The van der Waals surface area contributed by atoms with E-state index in [9.17, 15) is 9.59 Å². The van der Waals surface area contributed by atoms with Crippen molar-refractivity contribution in [3.05, 3.63) is 114 Å². The highest BCUT2D eigenvalue weighted by atomic mass is 16.2. The van der Waals surface area contributed by atoms with E-state index in [1.54, 1.807) is 23.0 Å². The molecule has 0 aliphatic rings. The highest BCUT2D eigenvalue weighted by Gasteiger charge is 2.05. The van der Waals surface area contributed by atoms with Crippen molar-refractivity contribution in [3.63, 3.8) is 0 Å². The number of rotatable bonds is 7. The lowest BCUT2D eigenvalue weighted by Crippen LogP contribution is -2.21. The molecule has 3 aromatic carbocycles. The van der Waals surface area contributed by atoms with Crippen LogP contribution in [0.1, 0.15) is 16.7 Å². The lowest BCUT2D eigenvalue weighted by molar-refractivity contribution is -0.116. The van der Waals surface area contributed by atoms with E-state index in [1.165, 1.54) is 6.08 Å². The van der Waals surface area contributed by atoms with E-state index in [0.29, 0.717) is 12.2 Å². The molecule has 0 bridgehead atoms. The number of carbonyl (C=O) groups is 2. The molecule has 1 aromatic heterocycles. The number of benzene rings is 3. The van der Waals surface area contributed by atoms with Gasteiger partial charge < -0.3 is 16.0 Å². The fourth-order valence-electron chi connectivity index (χ4n) is 3.34. The third-order valence-corrected chi connectivity index (χ3v) is 4.98. The van der Waals surface area contributed by atoms with Crippen LogP contribution in [0.5, 0.6) is 0 Å². The summed E-state index contributed by atoms with van der Waals surface area (Å²) < 4.78 is 1.76. The number of para-hydroxylation sites is 1. The average molecular weight is 452 g/mol. The number of aromatic nitrogens is 2. The van der Waals surface area contributed by atoms with Gasteiger partial charge in [-0.1, -0.05) is 42.5 Å². The molecule has 0 aliphatic carbocycles. The maximum atomic E-state index is 12.3. The molecule has 0 aliphatic heterocycles. The monoisotopic (exact) mass is 451 g/mol. The molecule has 0 saturated heterocycles. The minimum absolute atomic E-state index is 0.219. The molecule has 3 N–H and O–H groups in total. The van der Waals surface area contributed by atoms with Crippen LogP contribution in [0.3, 0.4) is 0 Å². The zero-order valence-corrected chi connectivity index (χ0v) is 18.7. The minimum atomic E-state index is -0.328.